The van der Waals surface area contributed by atoms with Crippen LogP contribution < -0.4 is 0 Å². The quantitative estimate of drug-likeness (QED) is 0.624. The molecular formula is C25H34N2OS. The number of benzene rings is 1. The highest BCUT2D eigenvalue weighted by molar-refractivity contribution is 8.04. The molecule has 1 fully saturated rings. The molecule has 0 radical (unpaired) electrons. The molecule has 3 rings (SSSR count). The number of hydrogen-bond acceptors (Lipinski definition) is 4. The van der Waals surface area contributed by atoms with Gasteiger partial charge in [0.25, 0.3) is 0 Å². The van der Waals surface area contributed by atoms with Crippen molar-refractivity contribution in [2.24, 2.45) is 5.92 Å². The van der Waals surface area contributed by atoms with Crippen molar-refractivity contribution in [1.82, 2.24) is 9.80 Å². The van der Waals surface area contributed by atoms with Crippen molar-refractivity contribution in [2.45, 2.75) is 45.9 Å². The zero-order chi connectivity index (χ0) is 21.0. The zero-order valence-electron chi connectivity index (χ0n) is 18.3. The van der Waals surface area contributed by atoms with E-state index in [4.69, 9.17) is 0 Å². The first-order valence-electron chi connectivity index (χ1n) is 10.7. The fourth-order valence-electron chi connectivity index (χ4n) is 3.90. The molecule has 3 nitrogen and oxygen atoms in total. The van der Waals surface area contributed by atoms with Crippen molar-refractivity contribution < 1.29 is 4.79 Å². The van der Waals surface area contributed by atoms with E-state index in [0.29, 0.717) is 5.25 Å². The van der Waals surface area contributed by atoms with E-state index in [1.54, 1.807) is 11.8 Å². The van der Waals surface area contributed by atoms with Gasteiger partial charge in [-0.25, -0.2) is 0 Å². The largest absolute Gasteiger partial charge is 0.368 e. The fourth-order valence-corrected chi connectivity index (χ4v) is 4.93. The molecule has 1 aliphatic carbocycles. The molecule has 0 bridgehead atoms. The molecule has 156 valence electrons. The van der Waals surface area contributed by atoms with E-state index in [1.807, 2.05) is 0 Å². The minimum Gasteiger partial charge on any atom is -0.368 e. The SMILES string of the molecule is C=C1C(=O)/C(SC(C)C)=C(N2CCN(Cc3cccc(C)c3)CC2)\C=C\CC1C. The second-order valence-corrected chi connectivity index (χ2v) is 10.1. The number of piperazine rings is 1. The summed E-state index contributed by atoms with van der Waals surface area (Å²) in [5.41, 5.74) is 4.53. The first-order valence-corrected chi connectivity index (χ1v) is 11.6. The lowest BCUT2D eigenvalue weighted by molar-refractivity contribution is -0.112. The summed E-state index contributed by atoms with van der Waals surface area (Å²) >= 11 is 1.68. The topological polar surface area (TPSA) is 23.6 Å². The van der Waals surface area contributed by atoms with Crippen LogP contribution in [0.3, 0.4) is 0 Å². The third-order valence-corrected chi connectivity index (χ3v) is 6.75. The summed E-state index contributed by atoms with van der Waals surface area (Å²) < 4.78 is 0. The van der Waals surface area contributed by atoms with Gasteiger partial charge in [0.1, 0.15) is 0 Å². The van der Waals surface area contributed by atoms with E-state index in [9.17, 15) is 4.79 Å². The van der Waals surface area contributed by atoms with Crippen molar-refractivity contribution in [3.8, 4) is 0 Å². The molecule has 29 heavy (non-hydrogen) atoms. The number of ketones is 1. The highest BCUT2D eigenvalue weighted by Crippen LogP contribution is 2.34. The van der Waals surface area contributed by atoms with E-state index in [2.05, 4.69) is 80.5 Å². The van der Waals surface area contributed by atoms with Crippen LogP contribution in [-0.2, 0) is 11.3 Å². The molecule has 0 amide bonds. The summed E-state index contributed by atoms with van der Waals surface area (Å²) in [5.74, 6) is 0.340. The summed E-state index contributed by atoms with van der Waals surface area (Å²) in [4.78, 5) is 19.0. The lowest BCUT2D eigenvalue weighted by atomic mass is 9.92. The van der Waals surface area contributed by atoms with Crippen LogP contribution in [0.25, 0.3) is 0 Å². The van der Waals surface area contributed by atoms with Crippen molar-refractivity contribution in [3.63, 3.8) is 0 Å². The summed E-state index contributed by atoms with van der Waals surface area (Å²) in [6.45, 7) is 17.6. The number of aryl methyl sites for hydroxylation is 1. The number of rotatable bonds is 5. The Morgan fingerprint density at radius 3 is 2.59 bits per heavy atom. The van der Waals surface area contributed by atoms with Gasteiger partial charge in [-0.1, -0.05) is 63.3 Å². The van der Waals surface area contributed by atoms with Gasteiger partial charge in [-0.05, 0) is 36.5 Å². The average Bonchev–Trinajstić information content (AvgIpc) is 2.68. The van der Waals surface area contributed by atoms with Crippen LogP contribution in [0.4, 0.5) is 0 Å². The summed E-state index contributed by atoms with van der Waals surface area (Å²) in [6.07, 6.45) is 5.28. The van der Waals surface area contributed by atoms with Gasteiger partial charge in [0.05, 0.1) is 10.6 Å². The third kappa shape index (κ3) is 5.64. The van der Waals surface area contributed by atoms with Crippen LogP contribution in [0.5, 0.6) is 0 Å². The van der Waals surface area contributed by atoms with Gasteiger partial charge >= 0.3 is 0 Å². The maximum absolute atomic E-state index is 13.2. The van der Waals surface area contributed by atoms with Crippen LogP contribution in [0, 0.1) is 12.8 Å². The maximum atomic E-state index is 13.2. The van der Waals surface area contributed by atoms with Gasteiger partial charge in [0, 0.05) is 38.0 Å². The van der Waals surface area contributed by atoms with Crippen LogP contribution in [0.1, 0.15) is 38.3 Å². The number of Topliss-reactive ketones (excluding diaryl/α,β-unsaturated/α-hetero) is 1. The van der Waals surface area contributed by atoms with Crippen LogP contribution in [0.2, 0.25) is 0 Å². The second-order valence-electron chi connectivity index (χ2n) is 8.53. The highest BCUT2D eigenvalue weighted by atomic mass is 32.2. The molecule has 0 saturated carbocycles. The number of allylic oxidation sites excluding steroid dienone is 4. The highest BCUT2D eigenvalue weighted by Gasteiger charge is 2.28. The standard InChI is InChI=1S/C25H34N2OS/c1-18(2)29-25-23(11-7-9-20(4)21(5)24(25)28)27-14-12-26(13-15-27)17-22-10-6-8-19(3)16-22/h6-8,10-11,16,18,20H,5,9,12-15,17H2,1-4H3/b11-7+,25-23-. The van der Waals surface area contributed by atoms with Crippen molar-refractivity contribution in [1.29, 1.82) is 0 Å². The first kappa shape index (κ1) is 21.9. The predicted molar refractivity (Wildman–Crippen MR) is 125 cm³/mol. The number of carbonyl (C=O) groups excluding carboxylic acids is 1. The molecule has 0 spiro atoms. The normalized spacial score (nSPS) is 25.3. The number of thioether (sulfide) groups is 1. The van der Waals surface area contributed by atoms with Gasteiger partial charge in [-0.15, -0.1) is 11.8 Å². The number of carbonyl (C=O) groups is 1. The molecular weight excluding hydrogens is 376 g/mol. The molecule has 1 atom stereocenters. The molecule has 2 aliphatic rings. The lowest BCUT2D eigenvalue weighted by Gasteiger charge is -2.38. The van der Waals surface area contributed by atoms with E-state index >= 15 is 0 Å². The van der Waals surface area contributed by atoms with Gasteiger partial charge in [-0.2, -0.15) is 0 Å². The monoisotopic (exact) mass is 410 g/mol. The Morgan fingerprint density at radius 2 is 1.93 bits per heavy atom. The smallest absolute Gasteiger partial charge is 0.197 e. The van der Waals surface area contributed by atoms with Crippen molar-refractivity contribution in [3.05, 3.63) is 70.3 Å². The number of nitrogens with zero attached hydrogens (tertiary/aromatic N) is 2. The molecule has 0 N–H and O–H groups in total. The maximum Gasteiger partial charge on any atom is 0.197 e. The Labute approximate surface area is 180 Å². The molecule has 1 aromatic rings. The molecule has 4 heteroatoms. The summed E-state index contributed by atoms with van der Waals surface area (Å²) in [5, 5.41) is 0.363. The Bertz CT molecular complexity index is 816. The van der Waals surface area contributed by atoms with Crippen LogP contribution in [-0.4, -0.2) is 47.0 Å². The molecule has 1 aromatic carbocycles. The first-order chi connectivity index (χ1) is 13.8. The molecule has 0 aromatic heterocycles. The predicted octanol–water partition coefficient (Wildman–Crippen LogP) is 5.19. The number of hydrogen-bond donors (Lipinski definition) is 0. The zero-order valence-corrected chi connectivity index (χ0v) is 19.1. The Balaban J connectivity index is 1.76. The second kappa shape index (κ2) is 9.82. The van der Waals surface area contributed by atoms with Gasteiger partial charge in [0.2, 0.25) is 0 Å². The molecule has 1 heterocycles. The van der Waals surface area contributed by atoms with Gasteiger partial charge in [-0.3, -0.25) is 9.69 Å². The van der Waals surface area contributed by atoms with E-state index in [-0.39, 0.29) is 11.7 Å². The van der Waals surface area contributed by atoms with Crippen molar-refractivity contribution >= 4 is 17.5 Å². The molecule has 1 saturated heterocycles. The average molecular weight is 411 g/mol. The van der Waals surface area contributed by atoms with Crippen LogP contribution in [0.15, 0.2) is 59.2 Å². The van der Waals surface area contributed by atoms with Crippen molar-refractivity contribution in [2.75, 3.05) is 26.2 Å². The Hall–Kier alpha value is -1.78. The third-order valence-electron chi connectivity index (χ3n) is 5.65. The van der Waals surface area contributed by atoms with Gasteiger partial charge in [0.15, 0.2) is 5.78 Å². The van der Waals surface area contributed by atoms with E-state index in [0.717, 1.165) is 55.3 Å². The lowest BCUT2D eigenvalue weighted by Crippen LogP contribution is -2.45. The molecule has 1 unspecified atom stereocenters. The van der Waals surface area contributed by atoms with Crippen LogP contribution >= 0.6 is 11.8 Å². The van der Waals surface area contributed by atoms with E-state index in [1.165, 1.54) is 11.1 Å². The Kier molecular flexibility index (Phi) is 7.42. The summed E-state index contributed by atoms with van der Waals surface area (Å²) in [6, 6.07) is 8.77. The minimum absolute atomic E-state index is 0.137. The molecule has 1 aliphatic heterocycles. The van der Waals surface area contributed by atoms with Gasteiger partial charge < -0.3 is 4.90 Å². The fraction of sp³-hybridized carbons (Fsp3) is 0.480. The summed E-state index contributed by atoms with van der Waals surface area (Å²) in [7, 11) is 0. The Morgan fingerprint density at radius 1 is 1.21 bits per heavy atom. The van der Waals surface area contributed by atoms with E-state index < -0.39 is 0 Å². The minimum atomic E-state index is 0.137.